The SMILES string of the molecule is CCc1ccc(C(=O)CSc2nnc(-c3ccccc3)n2C)s1. The molecule has 2 aromatic heterocycles. The Labute approximate surface area is 143 Å². The molecule has 6 heteroatoms. The van der Waals surface area contributed by atoms with Crippen LogP contribution in [0, 0.1) is 0 Å². The van der Waals surface area contributed by atoms with E-state index in [2.05, 4.69) is 17.1 Å². The third-order valence-corrected chi connectivity index (χ3v) is 5.78. The second kappa shape index (κ2) is 7.10. The average Bonchev–Trinajstić information content (AvgIpc) is 3.20. The van der Waals surface area contributed by atoms with Crippen molar-refractivity contribution in [1.29, 1.82) is 0 Å². The molecule has 0 atom stereocenters. The first kappa shape index (κ1) is 16.0. The van der Waals surface area contributed by atoms with Crippen LogP contribution in [-0.4, -0.2) is 26.3 Å². The molecule has 0 aliphatic rings. The van der Waals surface area contributed by atoms with E-state index in [1.165, 1.54) is 16.6 Å². The minimum atomic E-state index is 0.143. The number of thiophene rings is 1. The number of nitrogens with zero attached hydrogens (tertiary/aromatic N) is 3. The molecule has 0 spiro atoms. The zero-order valence-corrected chi connectivity index (χ0v) is 14.7. The molecule has 3 aromatic rings. The van der Waals surface area contributed by atoms with Gasteiger partial charge in [-0.25, -0.2) is 0 Å². The van der Waals surface area contributed by atoms with Gasteiger partial charge in [-0.3, -0.25) is 4.79 Å². The molecule has 3 rings (SSSR count). The predicted molar refractivity (Wildman–Crippen MR) is 95.2 cm³/mol. The molecule has 0 fully saturated rings. The Balaban J connectivity index is 1.69. The van der Waals surface area contributed by atoms with Crippen LogP contribution in [0.2, 0.25) is 0 Å². The number of carbonyl (C=O) groups is 1. The normalized spacial score (nSPS) is 10.9. The molecule has 4 nitrogen and oxygen atoms in total. The smallest absolute Gasteiger partial charge is 0.191 e. The molecular weight excluding hydrogens is 326 g/mol. The maximum Gasteiger partial charge on any atom is 0.191 e. The van der Waals surface area contributed by atoms with Crippen LogP contribution >= 0.6 is 23.1 Å². The fourth-order valence-corrected chi connectivity index (χ4v) is 3.97. The molecule has 0 radical (unpaired) electrons. The van der Waals surface area contributed by atoms with Crippen molar-refractivity contribution in [3.8, 4) is 11.4 Å². The number of Topliss-reactive ketones (excluding diaryl/α,β-unsaturated/α-hetero) is 1. The first-order chi connectivity index (χ1) is 11.2. The molecule has 1 aromatic carbocycles. The van der Waals surface area contributed by atoms with Crippen LogP contribution in [0.1, 0.15) is 21.5 Å². The van der Waals surface area contributed by atoms with Crippen molar-refractivity contribution in [3.05, 3.63) is 52.2 Å². The largest absolute Gasteiger partial charge is 0.305 e. The topological polar surface area (TPSA) is 47.8 Å². The van der Waals surface area contributed by atoms with Crippen molar-refractivity contribution in [2.45, 2.75) is 18.5 Å². The zero-order valence-electron chi connectivity index (χ0n) is 13.0. The van der Waals surface area contributed by atoms with Crippen LogP contribution in [0.4, 0.5) is 0 Å². The Hall–Kier alpha value is -1.92. The maximum atomic E-state index is 12.3. The van der Waals surface area contributed by atoms with Gasteiger partial charge in [0.15, 0.2) is 16.8 Å². The number of rotatable bonds is 6. The van der Waals surface area contributed by atoms with Crippen molar-refractivity contribution in [2.75, 3.05) is 5.75 Å². The van der Waals surface area contributed by atoms with Gasteiger partial charge in [0, 0.05) is 17.5 Å². The molecule has 2 heterocycles. The fourth-order valence-electron chi connectivity index (χ4n) is 2.20. The monoisotopic (exact) mass is 343 g/mol. The van der Waals surface area contributed by atoms with E-state index in [-0.39, 0.29) is 5.78 Å². The maximum absolute atomic E-state index is 12.3. The molecule has 0 N–H and O–H groups in total. The molecule has 0 amide bonds. The third-order valence-electron chi connectivity index (χ3n) is 3.48. The number of aryl methyl sites for hydroxylation is 1. The van der Waals surface area contributed by atoms with Crippen LogP contribution in [0.25, 0.3) is 11.4 Å². The Morgan fingerprint density at radius 3 is 2.65 bits per heavy atom. The van der Waals surface area contributed by atoms with Crippen LogP contribution in [-0.2, 0) is 13.5 Å². The molecule has 0 aliphatic heterocycles. The van der Waals surface area contributed by atoms with Crippen LogP contribution < -0.4 is 0 Å². The molecule has 118 valence electrons. The van der Waals surface area contributed by atoms with E-state index in [9.17, 15) is 4.79 Å². The van der Waals surface area contributed by atoms with Gasteiger partial charge < -0.3 is 4.57 Å². The van der Waals surface area contributed by atoms with Gasteiger partial charge in [0.05, 0.1) is 10.6 Å². The first-order valence-electron chi connectivity index (χ1n) is 7.38. The van der Waals surface area contributed by atoms with Gasteiger partial charge in [-0.1, -0.05) is 49.0 Å². The molecule has 0 bridgehead atoms. The summed E-state index contributed by atoms with van der Waals surface area (Å²) in [7, 11) is 1.93. The van der Waals surface area contributed by atoms with Gasteiger partial charge >= 0.3 is 0 Å². The van der Waals surface area contributed by atoms with E-state index in [0.717, 1.165) is 27.8 Å². The highest BCUT2D eigenvalue weighted by molar-refractivity contribution is 7.99. The van der Waals surface area contributed by atoms with Crippen molar-refractivity contribution in [2.24, 2.45) is 7.05 Å². The fraction of sp³-hybridized carbons (Fsp3) is 0.235. The highest BCUT2D eigenvalue weighted by atomic mass is 32.2. The number of hydrogen-bond acceptors (Lipinski definition) is 5. The summed E-state index contributed by atoms with van der Waals surface area (Å²) in [5.41, 5.74) is 1.02. The summed E-state index contributed by atoms with van der Waals surface area (Å²) in [5, 5.41) is 9.20. The van der Waals surface area contributed by atoms with E-state index in [4.69, 9.17) is 0 Å². The van der Waals surface area contributed by atoms with E-state index in [0.29, 0.717) is 5.75 Å². The van der Waals surface area contributed by atoms with Crippen molar-refractivity contribution in [1.82, 2.24) is 14.8 Å². The molecule has 0 saturated carbocycles. The molecule has 0 saturated heterocycles. The molecule has 0 unspecified atom stereocenters. The second-order valence-corrected chi connectivity index (χ2v) is 7.17. The van der Waals surface area contributed by atoms with Gasteiger partial charge in [0.25, 0.3) is 0 Å². The standard InChI is InChI=1S/C17H17N3OS2/c1-3-13-9-10-15(23-13)14(21)11-22-17-19-18-16(20(17)2)12-7-5-4-6-8-12/h4-10H,3,11H2,1-2H3. The summed E-state index contributed by atoms with van der Waals surface area (Å²) in [4.78, 5) is 14.3. The van der Waals surface area contributed by atoms with Crippen LogP contribution in [0.15, 0.2) is 47.6 Å². The van der Waals surface area contributed by atoms with E-state index in [1.807, 2.05) is 54.1 Å². The van der Waals surface area contributed by atoms with Crippen molar-refractivity contribution >= 4 is 28.9 Å². The lowest BCUT2D eigenvalue weighted by Crippen LogP contribution is -2.02. The zero-order chi connectivity index (χ0) is 16.2. The van der Waals surface area contributed by atoms with Gasteiger partial charge in [0.2, 0.25) is 0 Å². The number of benzene rings is 1. The lowest BCUT2D eigenvalue weighted by molar-refractivity contribution is 0.102. The van der Waals surface area contributed by atoms with Gasteiger partial charge in [0.1, 0.15) is 0 Å². The van der Waals surface area contributed by atoms with Crippen LogP contribution in [0.5, 0.6) is 0 Å². The lowest BCUT2D eigenvalue weighted by atomic mass is 10.2. The van der Waals surface area contributed by atoms with E-state index >= 15 is 0 Å². The van der Waals surface area contributed by atoms with Gasteiger partial charge in [-0.05, 0) is 18.6 Å². The number of thioether (sulfide) groups is 1. The van der Waals surface area contributed by atoms with Gasteiger partial charge in [-0.15, -0.1) is 21.5 Å². The minimum Gasteiger partial charge on any atom is -0.305 e. The number of ketones is 1. The summed E-state index contributed by atoms with van der Waals surface area (Å²) in [6.45, 7) is 2.10. The van der Waals surface area contributed by atoms with Crippen LogP contribution in [0.3, 0.4) is 0 Å². The summed E-state index contributed by atoms with van der Waals surface area (Å²) in [5.74, 6) is 1.33. The summed E-state index contributed by atoms with van der Waals surface area (Å²) < 4.78 is 1.93. The van der Waals surface area contributed by atoms with E-state index < -0.39 is 0 Å². The van der Waals surface area contributed by atoms with Crippen molar-refractivity contribution in [3.63, 3.8) is 0 Å². The number of hydrogen-bond donors (Lipinski definition) is 0. The Morgan fingerprint density at radius 1 is 1.17 bits per heavy atom. The molecule has 0 aliphatic carbocycles. The second-order valence-electron chi connectivity index (χ2n) is 5.06. The predicted octanol–water partition coefficient (Wildman–Crippen LogP) is 4.08. The quantitative estimate of drug-likeness (QED) is 0.500. The Bertz CT molecular complexity index is 808. The average molecular weight is 343 g/mol. The Morgan fingerprint density at radius 2 is 1.96 bits per heavy atom. The summed E-state index contributed by atoms with van der Waals surface area (Å²) >= 11 is 3.01. The summed E-state index contributed by atoms with van der Waals surface area (Å²) in [6.07, 6.45) is 0.967. The molecular formula is C17H17N3OS2. The highest BCUT2D eigenvalue weighted by Gasteiger charge is 2.14. The van der Waals surface area contributed by atoms with E-state index in [1.54, 1.807) is 11.3 Å². The number of carbonyl (C=O) groups excluding carboxylic acids is 1. The highest BCUT2D eigenvalue weighted by Crippen LogP contribution is 2.24. The summed E-state index contributed by atoms with van der Waals surface area (Å²) in [6, 6.07) is 13.9. The minimum absolute atomic E-state index is 0.143. The first-order valence-corrected chi connectivity index (χ1v) is 9.18. The van der Waals surface area contributed by atoms with Crippen molar-refractivity contribution < 1.29 is 4.79 Å². The molecule has 23 heavy (non-hydrogen) atoms. The third kappa shape index (κ3) is 3.54. The Kier molecular flexibility index (Phi) is 4.93. The van der Waals surface area contributed by atoms with Gasteiger partial charge in [-0.2, -0.15) is 0 Å². The lowest BCUT2D eigenvalue weighted by Gasteiger charge is -2.03. The number of aromatic nitrogens is 3.